The smallest absolute Gasteiger partial charge is 0.340 e. The molecule has 1 aliphatic rings. The molecule has 0 atom stereocenters. The van der Waals surface area contributed by atoms with Gasteiger partial charge in [-0.1, -0.05) is 18.1 Å². The van der Waals surface area contributed by atoms with E-state index < -0.39 is 17.8 Å². The van der Waals surface area contributed by atoms with Crippen molar-refractivity contribution in [1.29, 1.82) is 0 Å². The van der Waals surface area contributed by atoms with Crippen molar-refractivity contribution in [2.75, 3.05) is 18.8 Å². The molecule has 0 spiro atoms. The van der Waals surface area contributed by atoms with Gasteiger partial charge in [0.25, 0.3) is 11.8 Å². The molecule has 0 aliphatic carbocycles. The molecule has 154 valence electrons. The number of benzene rings is 3. The molecule has 0 radical (unpaired) electrons. The maximum absolute atomic E-state index is 13.5. The fourth-order valence-corrected chi connectivity index (χ4v) is 4.06. The Morgan fingerprint density at radius 1 is 1.03 bits per heavy atom. The number of aryl methyl sites for hydroxylation is 2. The molecular weight excluding hydrogens is 394 g/mol. The summed E-state index contributed by atoms with van der Waals surface area (Å²) in [5.74, 6) is 1.08. The molecule has 1 aliphatic heterocycles. The van der Waals surface area contributed by atoms with Crippen molar-refractivity contribution in [2.24, 2.45) is 0 Å². The first-order valence-corrected chi connectivity index (χ1v) is 9.57. The van der Waals surface area contributed by atoms with Gasteiger partial charge < -0.3 is 9.47 Å². The van der Waals surface area contributed by atoms with Crippen LogP contribution in [0.15, 0.2) is 42.5 Å². The highest BCUT2D eigenvalue weighted by molar-refractivity contribution is 6.37. The SMILES string of the molecule is C#Cc1cc(C)c(N2C(=O)c3cccc4c(C(=O)OCOC)ccc(c34)C2=O)c(C)c1. The largest absolute Gasteiger partial charge is 0.435 e. The van der Waals surface area contributed by atoms with Gasteiger partial charge in [0, 0.05) is 29.2 Å². The number of hydrogen-bond acceptors (Lipinski definition) is 5. The van der Waals surface area contributed by atoms with E-state index in [1.165, 1.54) is 18.1 Å². The molecule has 0 aromatic heterocycles. The third-order valence-corrected chi connectivity index (χ3v) is 5.32. The first kappa shape index (κ1) is 20.3. The molecule has 0 bridgehead atoms. The van der Waals surface area contributed by atoms with Crippen molar-refractivity contribution in [3.63, 3.8) is 0 Å². The second kappa shape index (κ2) is 7.71. The number of hydrogen-bond donors (Lipinski definition) is 0. The van der Waals surface area contributed by atoms with Gasteiger partial charge in [-0.3, -0.25) is 9.59 Å². The van der Waals surface area contributed by atoms with Crippen LogP contribution in [0, 0.1) is 26.2 Å². The third-order valence-electron chi connectivity index (χ3n) is 5.32. The fraction of sp³-hybridized carbons (Fsp3) is 0.160. The van der Waals surface area contributed by atoms with Gasteiger partial charge in [0.05, 0.1) is 11.3 Å². The summed E-state index contributed by atoms with van der Waals surface area (Å²) in [6.45, 7) is 3.43. The van der Waals surface area contributed by atoms with E-state index in [-0.39, 0.29) is 12.4 Å². The van der Waals surface area contributed by atoms with E-state index in [0.717, 1.165) is 11.1 Å². The average Bonchev–Trinajstić information content (AvgIpc) is 2.76. The van der Waals surface area contributed by atoms with Gasteiger partial charge in [-0.2, -0.15) is 0 Å². The van der Waals surface area contributed by atoms with Crippen molar-refractivity contribution in [3.05, 3.63) is 75.8 Å². The number of terminal acetylenes is 1. The lowest BCUT2D eigenvalue weighted by atomic mass is 9.90. The molecule has 1 heterocycles. The highest BCUT2D eigenvalue weighted by Gasteiger charge is 2.36. The second-order valence-electron chi connectivity index (χ2n) is 7.28. The van der Waals surface area contributed by atoms with Crippen LogP contribution < -0.4 is 4.90 Å². The summed E-state index contributed by atoms with van der Waals surface area (Å²) in [5, 5.41) is 0.921. The number of anilines is 1. The summed E-state index contributed by atoms with van der Waals surface area (Å²) in [6, 6.07) is 11.7. The number of carbonyl (C=O) groups excluding carboxylic acids is 3. The first-order valence-electron chi connectivity index (χ1n) is 9.57. The summed E-state index contributed by atoms with van der Waals surface area (Å²) in [4.78, 5) is 40.5. The van der Waals surface area contributed by atoms with Gasteiger partial charge in [0.15, 0.2) is 6.79 Å². The van der Waals surface area contributed by atoms with Crippen LogP contribution in [0.2, 0.25) is 0 Å². The van der Waals surface area contributed by atoms with E-state index in [4.69, 9.17) is 15.9 Å². The molecule has 6 heteroatoms. The Balaban J connectivity index is 1.91. The van der Waals surface area contributed by atoms with Crippen molar-refractivity contribution in [2.45, 2.75) is 13.8 Å². The van der Waals surface area contributed by atoms with Crippen LogP contribution in [0.4, 0.5) is 5.69 Å². The number of carbonyl (C=O) groups is 3. The van der Waals surface area contributed by atoms with Crippen molar-refractivity contribution in [3.8, 4) is 12.3 Å². The lowest BCUT2D eigenvalue weighted by Crippen LogP contribution is -2.41. The van der Waals surface area contributed by atoms with E-state index in [1.807, 2.05) is 13.8 Å². The van der Waals surface area contributed by atoms with Crippen molar-refractivity contribution in [1.82, 2.24) is 0 Å². The van der Waals surface area contributed by atoms with Gasteiger partial charge in [-0.05, 0) is 60.7 Å². The summed E-state index contributed by atoms with van der Waals surface area (Å²) in [7, 11) is 1.41. The number of amides is 2. The number of rotatable bonds is 4. The predicted molar refractivity (Wildman–Crippen MR) is 116 cm³/mol. The standard InChI is InChI=1S/C25H19NO5/c1-5-16-11-14(2)22(15(3)12-16)26-23(27)19-8-6-7-17-18(25(29)31-13-30-4)9-10-20(21(17)19)24(26)28/h1,6-12H,13H2,2-4H3. The zero-order valence-electron chi connectivity index (χ0n) is 17.3. The van der Waals surface area contributed by atoms with Crippen LogP contribution >= 0.6 is 0 Å². The minimum atomic E-state index is -0.593. The minimum absolute atomic E-state index is 0.195. The second-order valence-corrected chi connectivity index (χ2v) is 7.28. The van der Waals surface area contributed by atoms with Crippen LogP contribution in [-0.2, 0) is 9.47 Å². The maximum Gasteiger partial charge on any atom is 0.340 e. The zero-order valence-corrected chi connectivity index (χ0v) is 17.3. The minimum Gasteiger partial charge on any atom is -0.435 e. The monoisotopic (exact) mass is 413 g/mol. The summed E-state index contributed by atoms with van der Waals surface area (Å²) in [5.41, 5.74) is 3.59. The van der Waals surface area contributed by atoms with Crippen LogP contribution in [0.5, 0.6) is 0 Å². The van der Waals surface area contributed by atoms with Crippen LogP contribution in [0.25, 0.3) is 10.8 Å². The Hall–Kier alpha value is -3.95. The Bertz CT molecular complexity index is 1270. The first-order chi connectivity index (χ1) is 14.9. The van der Waals surface area contributed by atoms with E-state index in [9.17, 15) is 14.4 Å². The highest BCUT2D eigenvalue weighted by atomic mass is 16.7. The number of methoxy groups -OCH3 is 1. The van der Waals surface area contributed by atoms with E-state index in [1.54, 1.807) is 36.4 Å². The van der Waals surface area contributed by atoms with Gasteiger partial charge >= 0.3 is 5.97 Å². The van der Waals surface area contributed by atoms with Crippen LogP contribution in [0.3, 0.4) is 0 Å². The Morgan fingerprint density at radius 2 is 1.68 bits per heavy atom. The molecule has 0 saturated heterocycles. The molecule has 6 nitrogen and oxygen atoms in total. The molecule has 31 heavy (non-hydrogen) atoms. The molecular formula is C25H19NO5. The topological polar surface area (TPSA) is 72.9 Å². The Labute approximate surface area is 179 Å². The quantitative estimate of drug-likeness (QED) is 0.280. The zero-order chi connectivity index (χ0) is 22.3. The maximum atomic E-state index is 13.5. The molecule has 3 aromatic rings. The van der Waals surface area contributed by atoms with E-state index in [2.05, 4.69) is 5.92 Å². The predicted octanol–water partition coefficient (Wildman–Crippen LogP) is 4.00. The molecule has 2 amide bonds. The molecule has 0 unspecified atom stereocenters. The fourth-order valence-electron chi connectivity index (χ4n) is 4.06. The highest BCUT2D eigenvalue weighted by Crippen LogP contribution is 2.37. The van der Waals surface area contributed by atoms with Gasteiger partial charge in [-0.25, -0.2) is 9.69 Å². The summed E-state index contributed by atoms with van der Waals surface area (Å²) < 4.78 is 9.85. The van der Waals surface area contributed by atoms with Gasteiger partial charge in [-0.15, -0.1) is 6.42 Å². The summed E-state index contributed by atoms with van der Waals surface area (Å²) >= 11 is 0. The Kier molecular flexibility index (Phi) is 5.05. The summed E-state index contributed by atoms with van der Waals surface area (Å²) in [6.07, 6.45) is 5.51. The molecule has 0 saturated carbocycles. The average molecular weight is 413 g/mol. The lowest BCUT2D eigenvalue weighted by Gasteiger charge is -2.30. The van der Waals surface area contributed by atoms with Crippen LogP contribution in [-0.4, -0.2) is 31.7 Å². The molecule has 3 aromatic carbocycles. The van der Waals surface area contributed by atoms with E-state index >= 15 is 0 Å². The van der Waals surface area contributed by atoms with Gasteiger partial charge in [0.1, 0.15) is 0 Å². The van der Waals surface area contributed by atoms with Crippen molar-refractivity contribution < 1.29 is 23.9 Å². The number of nitrogens with zero attached hydrogens (tertiary/aromatic N) is 1. The number of esters is 1. The molecule has 0 fully saturated rings. The molecule has 4 rings (SSSR count). The van der Waals surface area contributed by atoms with Crippen molar-refractivity contribution >= 4 is 34.2 Å². The third kappa shape index (κ3) is 3.16. The lowest BCUT2D eigenvalue weighted by molar-refractivity contribution is -0.0123. The number of imide groups is 1. The van der Waals surface area contributed by atoms with Crippen LogP contribution in [0.1, 0.15) is 47.8 Å². The molecule has 0 N–H and O–H groups in total. The van der Waals surface area contributed by atoms with Gasteiger partial charge in [0.2, 0.25) is 0 Å². The van der Waals surface area contributed by atoms with E-state index in [0.29, 0.717) is 33.2 Å². The number of ether oxygens (including phenoxy) is 2. The Morgan fingerprint density at radius 3 is 2.29 bits per heavy atom. The normalized spacial score (nSPS) is 12.8.